The van der Waals surface area contributed by atoms with E-state index in [1.54, 1.807) is 0 Å². The van der Waals surface area contributed by atoms with E-state index < -0.39 is 0 Å². The molecule has 0 N–H and O–H groups in total. The van der Waals surface area contributed by atoms with Gasteiger partial charge in [0.15, 0.2) is 5.78 Å². The largest absolute Gasteiger partial charge is 0.494 e. The molecule has 5 nitrogen and oxygen atoms in total. The topological polar surface area (TPSA) is 42.0 Å². The van der Waals surface area contributed by atoms with E-state index in [2.05, 4.69) is 28.0 Å². The Balaban J connectivity index is 1.19. The fourth-order valence-electron chi connectivity index (χ4n) is 4.59. The lowest BCUT2D eigenvalue weighted by Crippen LogP contribution is -2.46. The Morgan fingerprint density at radius 1 is 0.871 bits per heavy atom. The number of Topliss-reactive ketones (excluding diaryl/α,β-unsaturated/α-hetero) is 1. The Bertz CT molecular complexity index is 875. The number of nitrogens with zero attached hydrogens (tertiary/aromatic N) is 2. The van der Waals surface area contributed by atoms with Crippen LogP contribution in [0.25, 0.3) is 0 Å². The van der Waals surface area contributed by atoms with Crippen LogP contribution in [0.5, 0.6) is 11.5 Å². The van der Waals surface area contributed by atoms with Gasteiger partial charge in [-0.1, -0.05) is 30.3 Å². The molecule has 1 fully saturated rings. The van der Waals surface area contributed by atoms with Gasteiger partial charge < -0.3 is 14.4 Å². The lowest BCUT2D eigenvalue weighted by Gasteiger charge is -2.35. The van der Waals surface area contributed by atoms with E-state index in [0.717, 1.165) is 81.2 Å². The normalized spacial score (nSPS) is 17.4. The number of rotatable bonds is 9. The summed E-state index contributed by atoms with van der Waals surface area (Å²) in [6.07, 6.45) is 3.56. The smallest absolute Gasteiger partial charge is 0.163 e. The number of para-hydroxylation sites is 1. The van der Waals surface area contributed by atoms with Gasteiger partial charge in [0.05, 0.1) is 13.2 Å². The average Bonchev–Trinajstić information content (AvgIpc) is 2.80. The zero-order chi connectivity index (χ0) is 21.5. The van der Waals surface area contributed by atoms with Crippen LogP contribution in [0.3, 0.4) is 0 Å². The molecule has 0 spiro atoms. The van der Waals surface area contributed by atoms with Crippen molar-refractivity contribution in [2.24, 2.45) is 0 Å². The van der Waals surface area contributed by atoms with Crippen molar-refractivity contribution in [3.63, 3.8) is 0 Å². The van der Waals surface area contributed by atoms with Gasteiger partial charge in [0, 0.05) is 62.4 Å². The van der Waals surface area contributed by atoms with Crippen LogP contribution < -0.4 is 9.47 Å². The first-order valence-electron chi connectivity index (χ1n) is 11.7. The monoisotopic (exact) mass is 422 g/mol. The molecule has 31 heavy (non-hydrogen) atoms. The van der Waals surface area contributed by atoms with Gasteiger partial charge in [0.2, 0.25) is 0 Å². The van der Waals surface area contributed by atoms with Crippen molar-refractivity contribution in [3.8, 4) is 11.5 Å². The van der Waals surface area contributed by atoms with E-state index in [-0.39, 0.29) is 5.78 Å². The average molecular weight is 423 g/mol. The van der Waals surface area contributed by atoms with Gasteiger partial charge in [-0.2, -0.15) is 0 Å². The highest BCUT2D eigenvalue weighted by Gasteiger charge is 2.21. The highest BCUT2D eigenvalue weighted by molar-refractivity contribution is 5.99. The van der Waals surface area contributed by atoms with Crippen LogP contribution in [0, 0.1) is 0 Å². The summed E-state index contributed by atoms with van der Waals surface area (Å²) in [6, 6.07) is 14.3. The minimum atomic E-state index is 0.258. The van der Waals surface area contributed by atoms with Crippen LogP contribution in [0.4, 0.5) is 0 Å². The molecule has 4 rings (SSSR count). The van der Waals surface area contributed by atoms with Gasteiger partial charge in [0.1, 0.15) is 11.5 Å². The van der Waals surface area contributed by atoms with Crippen LogP contribution >= 0.6 is 0 Å². The van der Waals surface area contributed by atoms with Crippen LogP contribution in [0.2, 0.25) is 0 Å². The number of carbonyl (C=O) groups excluding carboxylic acids is 1. The molecule has 2 aromatic rings. The van der Waals surface area contributed by atoms with Gasteiger partial charge in [-0.3, -0.25) is 9.69 Å². The molecule has 0 aromatic heterocycles. The zero-order valence-electron chi connectivity index (χ0n) is 18.6. The van der Waals surface area contributed by atoms with E-state index in [1.807, 2.05) is 31.2 Å². The van der Waals surface area contributed by atoms with Gasteiger partial charge >= 0.3 is 0 Å². The predicted octanol–water partition coefficient (Wildman–Crippen LogP) is 4.19. The summed E-state index contributed by atoms with van der Waals surface area (Å²) in [6.45, 7) is 9.78. The predicted molar refractivity (Wildman–Crippen MR) is 123 cm³/mol. The first kappa shape index (κ1) is 21.8. The lowest BCUT2D eigenvalue weighted by molar-refractivity contribution is 0.0971. The number of carbonyl (C=O) groups is 1. The lowest BCUT2D eigenvalue weighted by atomic mass is 9.90. The van der Waals surface area contributed by atoms with Crippen molar-refractivity contribution in [1.82, 2.24) is 9.80 Å². The van der Waals surface area contributed by atoms with Gasteiger partial charge in [-0.15, -0.1) is 0 Å². The molecule has 0 bridgehead atoms. The molecule has 166 valence electrons. The molecule has 0 amide bonds. The van der Waals surface area contributed by atoms with E-state index >= 15 is 0 Å². The maximum absolute atomic E-state index is 12.1. The number of hydrogen-bond acceptors (Lipinski definition) is 5. The summed E-state index contributed by atoms with van der Waals surface area (Å²) >= 11 is 0. The van der Waals surface area contributed by atoms with E-state index in [0.29, 0.717) is 19.6 Å². The summed E-state index contributed by atoms with van der Waals surface area (Å²) in [4.78, 5) is 17.1. The molecule has 0 saturated carbocycles. The minimum Gasteiger partial charge on any atom is -0.494 e. The first-order chi connectivity index (χ1) is 15.2. The zero-order valence-corrected chi connectivity index (χ0v) is 18.6. The molecule has 0 atom stereocenters. The van der Waals surface area contributed by atoms with E-state index in [4.69, 9.17) is 9.47 Å². The number of benzene rings is 2. The second kappa shape index (κ2) is 10.8. The molecule has 2 aromatic carbocycles. The highest BCUT2D eigenvalue weighted by Crippen LogP contribution is 2.29. The van der Waals surface area contributed by atoms with Crippen LogP contribution in [-0.2, 0) is 13.0 Å². The third-order valence-electron chi connectivity index (χ3n) is 6.27. The standard InChI is InChI=1S/C26H34N2O3/c1-2-30-25-12-4-3-8-21(25)20-28-17-15-27(16-18-28)14-7-19-31-26-13-6-9-22-23(26)10-5-11-24(22)29/h3-4,6,8-9,12-13H,2,5,7,10-11,14-20H2,1H3. The molecular weight excluding hydrogens is 388 g/mol. The maximum atomic E-state index is 12.1. The second-order valence-corrected chi connectivity index (χ2v) is 8.42. The third kappa shape index (κ3) is 5.66. The molecule has 1 aliphatic carbocycles. The summed E-state index contributed by atoms with van der Waals surface area (Å²) in [5.41, 5.74) is 3.25. The molecule has 2 aliphatic rings. The summed E-state index contributed by atoms with van der Waals surface area (Å²) in [5.74, 6) is 2.17. The van der Waals surface area contributed by atoms with Crippen molar-refractivity contribution in [2.45, 2.75) is 39.2 Å². The van der Waals surface area contributed by atoms with Gasteiger partial charge in [-0.25, -0.2) is 0 Å². The number of hydrogen-bond donors (Lipinski definition) is 0. The number of ether oxygens (including phenoxy) is 2. The first-order valence-corrected chi connectivity index (χ1v) is 11.7. The Hall–Kier alpha value is -2.37. The van der Waals surface area contributed by atoms with Crippen molar-refractivity contribution >= 4 is 5.78 Å². The quantitative estimate of drug-likeness (QED) is 0.567. The SMILES string of the molecule is CCOc1ccccc1CN1CCN(CCCOc2cccc3c2CCCC3=O)CC1. The fourth-order valence-corrected chi connectivity index (χ4v) is 4.59. The van der Waals surface area contributed by atoms with Crippen molar-refractivity contribution in [3.05, 3.63) is 59.2 Å². The highest BCUT2D eigenvalue weighted by atomic mass is 16.5. The van der Waals surface area contributed by atoms with Crippen molar-refractivity contribution in [1.29, 1.82) is 0 Å². The molecule has 0 unspecified atom stereocenters. The summed E-state index contributed by atoms with van der Waals surface area (Å²) < 4.78 is 11.8. The number of fused-ring (bicyclic) bond motifs is 1. The number of ketones is 1. The molecule has 1 saturated heterocycles. The molecule has 0 radical (unpaired) electrons. The fraction of sp³-hybridized carbons (Fsp3) is 0.500. The number of piperazine rings is 1. The van der Waals surface area contributed by atoms with Crippen molar-refractivity contribution in [2.75, 3.05) is 45.9 Å². The molecule has 5 heteroatoms. The van der Waals surface area contributed by atoms with Gasteiger partial charge in [-0.05, 0) is 38.3 Å². The Morgan fingerprint density at radius 2 is 1.65 bits per heavy atom. The Morgan fingerprint density at radius 3 is 2.48 bits per heavy atom. The minimum absolute atomic E-state index is 0.258. The Kier molecular flexibility index (Phi) is 7.60. The van der Waals surface area contributed by atoms with Crippen molar-refractivity contribution < 1.29 is 14.3 Å². The van der Waals surface area contributed by atoms with Crippen LogP contribution in [0.15, 0.2) is 42.5 Å². The van der Waals surface area contributed by atoms with E-state index in [9.17, 15) is 4.79 Å². The molecule has 1 heterocycles. The Labute approximate surface area is 185 Å². The van der Waals surface area contributed by atoms with Gasteiger partial charge in [0.25, 0.3) is 0 Å². The molecular formula is C26H34N2O3. The second-order valence-electron chi connectivity index (χ2n) is 8.42. The van der Waals surface area contributed by atoms with Crippen LogP contribution in [-0.4, -0.2) is 61.5 Å². The van der Waals surface area contributed by atoms with Crippen LogP contribution in [0.1, 0.15) is 47.7 Å². The molecule has 1 aliphatic heterocycles. The third-order valence-corrected chi connectivity index (χ3v) is 6.27. The summed E-state index contributed by atoms with van der Waals surface area (Å²) in [7, 11) is 0. The summed E-state index contributed by atoms with van der Waals surface area (Å²) in [5, 5.41) is 0. The maximum Gasteiger partial charge on any atom is 0.163 e. The van der Waals surface area contributed by atoms with E-state index in [1.165, 1.54) is 5.56 Å².